The number of nitrogens with one attached hydrogen (secondary N) is 1. The van der Waals surface area contributed by atoms with Crippen LogP contribution >= 0.6 is 23.2 Å². The average Bonchev–Trinajstić information content (AvgIpc) is 2.34. The number of nitrogens with zero attached hydrogens (tertiary/aromatic N) is 2. The SMILES string of the molecule is Cc1cnc(Cl)c(NC(=O)c2ccc(Cl)nc2)c1. The molecule has 2 aromatic heterocycles. The van der Waals surface area contributed by atoms with Gasteiger partial charge in [-0.15, -0.1) is 0 Å². The highest BCUT2D eigenvalue weighted by atomic mass is 35.5. The molecule has 0 aliphatic rings. The number of amides is 1. The van der Waals surface area contributed by atoms with E-state index in [0.29, 0.717) is 16.4 Å². The summed E-state index contributed by atoms with van der Waals surface area (Å²) >= 11 is 11.5. The van der Waals surface area contributed by atoms with E-state index in [-0.39, 0.29) is 11.1 Å². The summed E-state index contributed by atoms with van der Waals surface area (Å²) in [6, 6.07) is 4.88. The lowest BCUT2D eigenvalue weighted by molar-refractivity contribution is 0.102. The van der Waals surface area contributed by atoms with Gasteiger partial charge >= 0.3 is 0 Å². The quantitative estimate of drug-likeness (QED) is 0.859. The van der Waals surface area contributed by atoms with Gasteiger partial charge in [-0.1, -0.05) is 23.2 Å². The highest BCUT2D eigenvalue weighted by molar-refractivity contribution is 6.32. The number of halogens is 2. The van der Waals surface area contributed by atoms with E-state index in [0.717, 1.165) is 5.56 Å². The number of aryl methyl sites for hydroxylation is 1. The van der Waals surface area contributed by atoms with Crippen LogP contribution in [0.25, 0.3) is 0 Å². The first-order valence-corrected chi connectivity index (χ1v) is 5.87. The summed E-state index contributed by atoms with van der Waals surface area (Å²) in [6.07, 6.45) is 3.02. The van der Waals surface area contributed by atoms with Crippen LogP contribution in [0, 0.1) is 6.92 Å². The van der Waals surface area contributed by atoms with Crippen LogP contribution < -0.4 is 5.32 Å². The Morgan fingerprint density at radius 2 is 2.00 bits per heavy atom. The molecule has 1 N–H and O–H groups in total. The van der Waals surface area contributed by atoms with Crippen molar-refractivity contribution in [3.8, 4) is 0 Å². The number of aromatic nitrogens is 2. The second-order valence-electron chi connectivity index (χ2n) is 3.67. The van der Waals surface area contributed by atoms with Gasteiger partial charge in [-0.2, -0.15) is 0 Å². The molecule has 0 aliphatic heterocycles. The maximum atomic E-state index is 11.9. The minimum absolute atomic E-state index is 0.246. The number of rotatable bonds is 2. The van der Waals surface area contributed by atoms with Crippen LogP contribution in [0.3, 0.4) is 0 Å². The zero-order chi connectivity index (χ0) is 13.1. The van der Waals surface area contributed by atoms with Crippen LogP contribution in [0.4, 0.5) is 5.69 Å². The molecule has 0 fully saturated rings. The van der Waals surface area contributed by atoms with Gasteiger partial charge in [0, 0.05) is 12.4 Å². The molecule has 2 aromatic rings. The molecule has 4 nitrogen and oxygen atoms in total. The topological polar surface area (TPSA) is 54.9 Å². The molecule has 2 rings (SSSR count). The van der Waals surface area contributed by atoms with Crippen molar-refractivity contribution in [2.24, 2.45) is 0 Å². The van der Waals surface area contributed by atoms with Crippen LogP contribution in [0.1, 0.15) is 15.9 Å². The smallest absolute Gasteiger partial charge is 0.257 e. The summed E-state index contributed by atoms with van der Waals surface area (Å²) in [5.74, 6) is -0.312. The second kappa shape index (κ2) is 5.33. The standard InChI is InChI=1S/C12H9Cl2N3O/c1-7-4-9(11(14)16-5-7)17-12(18)8-2-3-10(13)15-6-8/h2-6H,1H3,(H,17,18). The Morgan fingerprint density at radius 3 is 2.67 bits per heavy atom. The van der Waals surface area contributed by atoms with E-state index in [4.69, 9.17) is 23.2 Å². The minimum Gasteiger partial charge on any atom is -0.319 e. The predicted molar refractivity (Wildman–Crippen MR) is 71.2 cm³/mol. The van der Waals surface area contributed by atoms with Gasteiger partial charge in [0.05, 0.1) is 11.3 Å². The first-order chi connectivity index (χ1) is 8.56. The first kappa shape index (κ1) is 12.8. The Bertz CT molecular complexity index is 584. The molecule has 92 valence electrons. The fourth-order valence-electron chi connectivity index (χ4n) is 1.34. The molecular weight excluding hydrogens is 273 g/mol. The molecule has 2 heterocycles. The molecule has 18 heavy (non-hydrogen) atoms. The number of hydrogen-bond acceptors (Lipinski definition) is 3. The molecule has 6 heteroatoms. The third-order valence-corrected chi connectivity index (χ3v) is 2.74. The summed E-state index contributed by atoms with van der Waals surface area (Å²) in [5, 5.41) is 3.25. The molecule has 0 unspecified atom stereocenters. The molecule has 0 spiro atoms. The van der Waals surface area contributed by atoms with E-state index < -0.39 is 0 Å². The van der Waals surface area contributed by atoms with Crippen molar-refractivity contribution >= 4 is 34.8 Å². The van der Waals surface area contributed by atoms with Crippen molar-refractivity contribution in [3.05, 3.63) is 52.0 Å². The monoisotopic (exact) mass is 281 g/mol. The highest BCUT2D eigenvalue weighted by Gasteiger charge is 2.09. The van der Waals surface area contributed by atoms with Gasteiger partial charge in [0.25, 0.3) is 5.91 Å². The van der Waals surface area contributed by atoms with Crippen LogP contribution in [-0.4, -0.2) is 15.9 Å². The number of carbonyl (C=O) groups is 1. The molecule has 0 aromatic carbocycles. The lowest BCUT2D eigenvalue weighted by Gasteiger charge is -2.07. The van der Waals surface area contributed by atoms with E-state index in [9.17, 15) is 4.79 Å². The molecule has 0 atom stereocenters. The Kier molecular flexibility index (Phi) is 3.79. The lowest BCUT2D eigenvalue weighted by Crippen LogP contribution is -2.12. The predicted octanol–water partition coefficient (Wildman–Crippen LogP) is 3.34. The van der Waals surface area contributed by atoms with E-state index in [1.54, 1.807) is 24.4 Å². The summed E-state index contributed by atoms with van der Waals surface area (Å²) < 4.78 is 0. The molecule has 0 saturated carbocycles. The normalized spacial score (nSPS) is 10.2. The molecule has 0 aliphatic carbocycles. The first-order valence-electron chi connectivity index (χ1n) is 5.11. The Hall–Kier alpha value is -1.65. The summed E-state index contributed by atoms with van der Waals surface area (Å²) in [7, 11) is 0. The van der Waals surface area contributed by atoms with Gasteiger partial charge in [-0.05, 0) is 30.7 Å². The summed E-state index contributed by atoms with van der Waals surface area (Å²) in [6.45, 7) is 1.86. The molecule has 1 amide bonds. The fraction of sp³-hybridized carbons (Fsp3) is 0.0833. The van der Waals surface area contributed by atoms with Crippen LogP contribution in [-0.2, 0) is 0 Å². The van der Waals surface area contributed by atoms with Crippen molar-refractivity contribution in [1.82, 2.24) is 9.97 Å². The van der Waals surface area contributed by atoms with Crippen molar-refractivity contribution in [2.75, 3.05) is 5.32 Å². The third kappa shape index (κ3) is 2.97. The minimum atomic E-state index is -0.312. The Labute approximate surface area is 114 Å². The zero-order valence-electron chi connectivity index (χ0n) is 9.45. The average molecular weight is 282 g/mol. The van der Waals surface area contributed by atoms with Crippen molar-refractivity contribution < 1.29 is 4.79 Å². The van der Waals surface area contributed by atoms with E-state index in [1.165, 1.54) is 6.20 Å². The van der Waals surface area contributed by atoms with Gasteiger partial charge in [0.1, 0.15) is 5.15 Å². The molecule has 0 radical (unpaired) electrons. The zero-order valence-corrected chi connectivity index (χ0v) is 11.0. The van der Waals surface area contributed by atoms with Crippen LogP contribution in [0.5, 0.6) is 0 Å². The maximum absolute atomic E-state index is 11.9. The molecule has 0 bridgehead atoms. The Morgan fingerprint density at radius 1 is 1.22 bits per heavy atom. The Balaban J connectivity index is 2.21. The van der Waals surface area contributed by atoms with Crippen molar-refractivity contribution in [1.29, 1.82) is 0 Å². The summed E-state index contributed by atoms with van der Waals surface area (Å²) in [5.41, 5.74) is 1.78. The molecular formula is C12H9Cl2N3O. The largest absolute Gasteiger partial charge is 0.319 e. The molecule has 0 saturated heterocycles. The van der Waals surface area contributed by atoms with Crippen LogP contribution in [0.2, 0.25) is 10.3 Å². The third-order valence-electron chi connectivity index (χ3n) is 2.21. The fourth-order valence-corrected chi connectivity index (χ4v) is 1.61. The summed E-state index contributed by atoms with van der Waals surface area (Å²) in [4.78, 5) is 19.7. The second-order valence-corrected chi connectivity index (χ2v) is 4.42. The maximum Gasteiger partial charge on any atom is 0.257 e. The van der Waals surface area contributed by atoms with Gasteiger partial charge in [0.15, 0.2) is 5.15 Å². The van der Waals surface area contributed by atoms with E-state index in [1.807, 2.05) is 6.92 Å². The number of anilines is 1. The number of pyridine rings is 2. The van der Waals surface area contributed by atoms with E-state index >= 15 is 0 Å². The van der Waals surface area contributed by atoms with Crippen molar-refractivity contribution in [3.63, 3.8) is 0 Å². The van der Waals surface area contributed by atoms with Gasteiger partial charge in [-0.25, -0.2) is 9.97 Å². The van der Waals surface area contributed by atoms with Gasteiger partial charge in [-0.3, -0.25) is 4.79 Å². The van der Waals surface area contributed by atoms with Gasteiger partial charge < -0.3 is 5.32 Å². The van der Waals surface area contributed by atoms with Crippen molar-refractivity contribution in [2.45, 2.75) is 6.92 Å². The van der Waals surface area contributed by atoms with Crippen LogP contribution in [0.15, 0.2) is 30.6 Å². The van der Waals surface area contributed by atoms with E-state index in [2.05, 4.69) is 15.3 Å². The highest BCUT2D eigenvalue weighted by Crippen LogP contribution is 2.20. The number of hydrogen-bond donors (Lipinski definition) is 1. The lowest BCUT2D eigenvalue weighted by atomic mass is 10.2. The van der Waals surface area contributed by atoms with Gasteiger partial charge in [0.2, 0.25) is 0 Å². The number of carbonyl (C=O) groups excluding carboxylic acids is 1.